The lowest BCUT2D eigenvalue weighted by atomic mass is 10.1. The van der Waals surface area contributed by atoms with Crippen molar-refractivity contribution in [1.82, 2.24) is 5.32 Å². The van der Waals surface area contributed by atoms with E-state index < -0.39 is 12.1 Å². The number of methoxy groups -OCH3 is 2. The first-order valence-corrected chi connectivity index (χ1v) is 8.43. The number of ether oxygens (including phenoxy) is 3. The molecule has 0 bridgehead atoms. The van der Waals surface area contributed by atoms with E-state index in [0.717, 1.165) is 5.56 Å². The van der Waals surface area contributed by atoms with E-state index in [1.807, 2.05) is 30.3 Å². The van der Waals surface area contributed by atoms with Gasteiger partial charge in [-0.2, -0.15) is 0 Å². The van der Waals surface area contributed by atoms with Crippen LogP contribution in [0.4, 0.5) is 0 Å². The minimum atomic E-state index is -0.642. The summed E-state index contributed by atoms with van der Waals surface area (Å²) in [5.41, 5.74) is 1.61. The van der Waals surface area contributed by atoms with Crippen LogP contribution in [-0.2, 0) is 14.3 Å². The molecule has 27 heavy (non-hydrogen) atoms. The van der Waals surface area contributed by atoms with Gasteiger partial charge < -0.3 is 19.5 Å². The second kappa shape index (κ2) is 10.0. The van der Waals surface area contributed by atoms with Crippen LogP contribution in [0.15, 0.2) is 54.6 Å². The van der Waals surface area contributed by atoms with Crippen LogP contribution in [0.3, 0.4) is 0 Å². The van der Waals surface area contributed by atoms with E-state index in [1.54, 1.807) is 31.4 Å². The molecule has 0 aliphatic rings. The number of amides is 1. The average molecular weight is 369 g/mol. The van der Waals surface area contributed by atoms with Crippen LogP contribution in [-0.4, -0.2) is 32.6 Å². The first-order valence-electron chi connectivity index (χ1n) is 8.43. The van der Waals surface area contributed by atoms with Crippen molar-refractivity contribution in [2.75, 3.05) is 20.8 Å². The Bertz CT molecular complexity index is 801. The quantitative estimate of drug-likeness (QED) is 0.572. The van der Waals surface area contributed by atoms with E-state index in [1.165, 1.54) is 20.1 Å². The Balaban J connectivity index is 2.07. The number of esters is 1. The molecule has 142 valence electrons. The SMILES string of the molecule is COc1ccc([C@H](CNC(=O)C=Cc2ccccc2)OC(C)=O)cc1OC. The number of rotatable bonds is 8. The predicted molar refractivity (Wildman–Crippen MR) is 103 cm³/mol. The van der Waals surface area contributed by atoms with Gasteiger partial charge in [0.2, 0.25) is 5.91 Å². The molecule has 1 amide bonds. The third kappa shape index (κ3) is 6.18. The van der Waals surface area contributed by atoms with E-state index in [9.17, 15) is 9.59 Å². The lowest BCUT2D eigenvalue weighted by Gasteiger charge is -2.19. The molecule has 0 aliphatic heterocycles. The Morgan fingerprint density at radius 3 is 2.37 bits per heavy atom. The summed E-state index contributed by atoms with van der Waals surface area (Å²) < 4.78 is 15.8. The van der Waals surface area contributed by atoms with Gasteiger partial charge in [-0.05, 0) is 29.3 Å². The lowest BCUT2D eigenvalue weighted by Crippen LogP contribution is -2.28. The number of carbonyl (C=O) groups excluding carboxylic acids is 2. The highest BCUT2D eigenvalue weighted by Crippen LogP contribution is 2.31. The summed E-state index contributed by atoms with van der Waals surface area (Å²) in [6, 6.07) is 14.7. The number of benzene rings is 2. The molecule has 2 rings (SSSR count). The average Bonchev–Trinajstić information content (AvgIpc) is 2.69. The van der Waals surface area contributed by atoms with E-state index in [0.29, 0.717) is 17.1 Å². The van der Waals surface area contributed by atoms with Gasteiger partial charge in [0.15, 0.2) is 11.5 Å². The molecule has 1 N–H and O–H groups in total. The number of carbonyl (C=O) groups is 2. The molecule has 0 unspecified atom stereocenters. The smallest absolute Gasteiger partial charge is 0.303 e. The lowest BCUT2D eigenvalue weighted by molar-refractivity contribution is -0.147. The first-order chi connectivity index (χ1) is 13.0. The molecule has 0 fully saturated rings. The van der Waals surface area contributed by atoms with E-state index >= 15 is 0 Å². The fourth-order valence-electron chi connectivity index (χ4n) is 2.47. The fourth-order valence-corrected chi connectivity index (χ4v) is 2.47. The van der Waals surface area contributed by atoms with Crippen LogP contribution in [0.25, 0.3) is 6.08 Å². The van der Waals surface area contributed by atoms with Gasteiger partial charge in [0, 0.05) is 13.0 Å². The third-order valence-corrected chi connectivity index (χ3v) is 3.78. The molecule has 1 atom stereocenters. The molecule has 2 aromatic rings. The Morgan fingerprint density at radius 2 is 1.74 bits per heavy atom. The fraction of sp³-hybridized carbons (Fsp3) is 0.238. The van der Waals surface area contributed by atoms with Crippen LogP contribution in [0, 0.1) is 0 Å². The van der Waals surface area contributed by atoms with Crippen molar-refractivity contribution in [2.45, 2.75) is 13.0 Å². The molecule has 0 heterocycles. The van der Waals surface area contributed by atoms with Crippen LogP contribution in [0.2, 0.25) is 0 Å². The summed E-state index contributed by atoms with van der Waals surface area (Å²) in [5.74, 6) is 0.362. The van der Waals surface area contributed by atoms with Crippen molar-refractivity contribution in [3.63, 3.8) is 0 Å². The summed E-state index contributed by atoms with van der Waals surface area (Å²) in [7, 11) is 3.07. The Hall–Kier alpha value is -3.28. The molecule has 6 heteroatoms. The molecule has 6 nitrogen and oxygen atoms in total. The van der Waals surface area contributed by atoms with Gasteiger partial charge in [0.05, 0.1) is 20.8 Å². The summed E-state index contributed by atoms with van der Waals surface area (Å²) in [4.78, 5) is 23.5. The van der Waals surface area contributed by atoms with Crippen molar-refractivity contribution in [1.29, 1.82) is 0 Å². The monoisotopic (exact) mass is 369 g/mol. The topological polar surface area (TPSA) is 73.9 Å². The summed E-state index contributed by atoms with van der Waals surface area (Å²) in [6.45, 7) is 1.46. The highest BCUT2D eigenvalue weighted by molar-refractivity contribution is 5.91. The van der Waals surface area contributed by atoms with Crippen LogP contribution < -0.4 is 14.8 Å². The van der Waals surface area contributed by atoms with Gasteiger partial charge >= 0.3 is 5.97 Å². The maximum absolute atomic E-state index is 12.1. The molecule has 0 aliphatic carbocycles. The normalized spacial score (nSPS) is 11.7. The van der Waals surface area contributed by atoms with Crippen molar-refractivity contribution in [3.8, 4) is 11.5 Å². The molecular formula is C21H23NO5. The molecule has 0 saturated heterocycles. The van der Waals surface area contributed by atoms with Crippen molar-refractivity contribution in [2.24, 2.45) is 0 Å². The van der Waals surface area contributed by atoms with Gasteiger partial charge in [-0.25, -0.2) is 0 Å². The number of hydrogen-bond donors (Lipinski definition) is 1. The Labute approximate surface area is 158 Å². The van der Waals surface area contributed by atoms with E-state index in [-0.39, 0.29) is 12.5 Å². The zero-order valence-corrected chi connectivity index (χ0v) is 15.6. The predicted octanol–water partition coefficient (Wildman–Crippen LogP) is 3.14. The molecule has 0 saturated carbocycles. The molecule has 0 aromatic heterocycles. The van der Waals surface area contributed by atoms with Gasteiger partial charge in [0.25, 0.3) is 0 Å². The first kappa shape index (κ1) is 20.0. The highest BCUT2D eigenvalue weighted by atomic mass is 16.5. The highest BCUT2D eigenvalue weighted by Gasteiger charge is 2.18. The molecule has 0 spiro atoms. The third-order valence-electron chi connectivity index (χ3n) is 3.78. The largest absolute Gasteiger partial charge is 0.493 e. The maximum Gasteiger partial charge on any atom is 0.303 e. The Morgan fingerprint density at radius 1 is 1.04 bits per heavy atom. The van der Waals surface area contributed by atoms with Crippen molar-refractivity contribution < 1.29 is 23.8 Å². The van der Waals surface area contributed by atoms with Gasteiger partial charge in [-0.3, -0.25) is 9.59 Å². The summed E-state index contributed by atoms with van der Waals surface area (Å²) >= 11 is 0. The Kier molecular flexibility index (Phi) is 7.43. The summed E-state index contributed by atoms with van der Waals surface area (Å²) in [6.07, 6.45) is 2.51. The second-order valence-electron chi connectivity index (χ2n) is 5.70. The molecule has 2 aromatic carbocycles. The minimum absolute atomic E-state index is 0.132. The second-order valence-corrected chi connectivity index (χ2v) is 5.70. The zero-order chi connectivity index (χ0) is 19.6. The zero-order valence-electron chi connectivity index (χ0n) is 15.6. The van der Waals surface area contributed by atoms with Crippen molar-refractivity contribution >= 4 is 18.0 Å². The van der Waals surface area contributed by atoms with Crippen LogP contribution >= 0.6 is 0 Å². The van der Waals surface area contributed by atoms with Gasteiger partial charge in [-0.1, -0.05) is 36.4 Å². The number of hydrogen-bond acceptors (Lipinski definition) is 5. The number of nitrogens with one attached hydrogen (secondary N) is 1. The van der Waals surface area contributed by atoms with Crippen molar-refractivity contribution in [3.05, 3.63) is 65.7 Å². The van der Waals surface area contributed by atoms with E-state index in [2.05, 4.69) is 5.32 Å². The standard InChI is InChI=1S/C21H23NO5/c1-15(23)27-20(17-10-11-18(25-2)19(13-17)26-3)14-22-21(24)12-9-16-7-5-4-6-8-16/h4-13,20H,14H2,1-3H3,(H,22,24)/t20-/m0/s1. The minimum Gasteiger partial charge on any atom is -0.493 e. The van der Waals surface area contributed by atoms with E-state index in [4.69, 9.17) is 14.2 Å². The van der Waals surface area contributed by atoms with Crippen LogP contribution in [0.1, 0.15) is 24.2 Å². The maximum atomic E-state index is 12.1. The van der Waals surface area contributed by atoms with Gasteiger partial charge in [0.1, 0.15) is 6.10 Å². The summed E-state index contributed by atoms with van der Waals surface area (Å²) in [5, 5.41) is 2.75. The molecule has 0 radical (unpaired) electrons. The van der Waals surface area contributed by atoms with Crippen LogP contribution in [0.5, 0.6) is 11.5 Å². The molecular weight excluding hydrogens is 346 g/mol. The van der Waals surface area contributed by atoms with Gasteiger partial charge in [-0.15, -0.1) is 0 Å².